The first-order valence-corrected chi connectivity index (χ1v) is 9.24. The monoisotopic (exact) mass is 347 g/mol. The van der Waals surface area contributed by atoms with Gasteiger partial charge in [-0.2, -0.15) is 0 Å². The van der Waals surface area contributed by atoms with E-state index in [9.17, 15) is 0 Å². The van der Waals surface area contributed by atoms with Crippen LogP contribution >= 0.6 is 0 Å². The van der Waals surface area contributed by atoms with Crippen molar-refractivity contribution in [3.05, 3.63) is 72.1 Å². The minimum Gasteiger partial charge on any atom is -0.497 e. The fourth-order valence-electron chi connectivity index (χ4n) is 4.00. The van der Waals surface area contributed by atoms with Crippen LogP contribution in [0.2, 0.25) is 0 Å². The number of benzene rings is 2. The van der Waals surface area contributed by atoms with Crippen LogP contribution in [0.3, 0.4) is 0 Å². The SMILES string of the molecule is COc1cccc(-c2ncc(CC3(c4ccccc4)CCNCC3)[nH]2)c1. The Morgan fingerprint density at radius 1 is 1.04 bits per heavy atom. The van der Waals surface area contributed by atoms with E-state index in [-0.39, 0.29) is 5.41 Å². The number of hydrogen-bond acceptors (Lipinski definition) is 3. The van der Waals surface area contributed by atoms with E-state index in [2.05, 4.69) is 51.7 Å². The second-order valence-electron chi connectivity index (χ2n) is 7.06. The smallest absolute Gasteiger partial charge is 0.137 e. The Morgan fingerprint density at radius 3 is 2.62 bits per heavy atom. The standard InChI is InChI=1S/C22H25N3O/c1-26-20-9-5-6-17(14-20)21-24-16-19(25-21)15-22(10-12-23-13-11-22)18-7-3-2-4-8-18/h2-9,14,16,23H,10-13,15H2,1H3,(H,24,25). The Kier molecular flexibility index (Phi) is 4.76. The maximum atomic E-state index is 5.33. The first-order valence-electron chi connectivity index (χ1n) is 9.24. The molecule has 2 aromatic carbocycles. The van der Waals surface area contributed by atoms with E-state index in [1.807, 2.05) is 24.4 Å². The predicted molar refractivity (Wildman–Crippen MR) is 105 cm³/mol. The van der Waals surface area contributed by atoms with E-state index in [4.69, 9.17) is 4.74 Å². The molecule has 0 radical (unpaired) electrons. The van der Waals surface area contributed by atoms with Crippen molar-refractivity contribution in [3.63, 3.8) is 0 Å². The van der Waals surface area contributed by atoms with Crippen molar-refractivity contribution in [3.8, 4) is 17.1 Å². The zero-order chi connectivity index (χ0) is 17.8. The normalized spacial score (nSPS) is 16.3. The summed E-state index contributed by atoms with van der Waals surface area (Å²) in [5.41, 5.74) is 3.84. The van der Waals surface area contributed by atoms with Gasteiger partial charge >= 0.3 is 0 Å². The van der Waals surface area contributed by atoms with Gasteiger partial charge in [-0.25, -0.2) is 4.98 Å². The van der Waals surface area contributed by atoms with Gasteiger partial charge in [0.25, 0.3) is 0 Å². The minimum absolute atomic E-state index is 0.171. The zero-order valence-corrected chi connectivity index (χ0v) is 15.2. The van der Waals surface area contributed by atoms with Crippen LogP contribution in [0.1, 0.15) is 24.1 Å². The lowest BCUT2D eigenvalue weighted by Gasteiger charge is -2.38. The second-order valence-corrected chi connectivity index (χ2v) is 7.06. The minimum atomic E-state index is 0.171. The summed E-state index contributed by atoms with van der Waals surface area (Å²) in [5.74, 6) is 1.75. The number of aromatic amines is 1. The molecule has 0 spiro atoms. The highest BCUT2D eigenvalue weighted by Crippen LogP contribution is 2.37. The molecule has 3 aromatic rings. The van der Waals surface area contributed by atoms with Gasteiger partial charge in [0.05, 0.1) is 7.11 Å². The first-order chi connectivity index (χ1) is 12.8. The summed E-state index contributed by atoms with van der Waals surface area (Å²) in [6.07, 6.45) is 5.26. The van der Waals surface area contributed by atoms with E-state index in [1.54, 1.807) is 7.11 Å². The predicted octanol–water partition coefficient (Wildman–Crippen LogP) is 3.95. The molecule has 1 fully saturated rings. The van der Waals surface area contributed by atoms with E-state index in [1.165, 1.54) is 11.3 Å². The number of nitrogens with zero attached hydrogens (tertiary/aromatic N) is 1. The summed E-state index contributed by atoms with van der Waals surface area (Å²) < 4.78 is 5.33. The second kappa shape index (κ2) is 7.34. The third kappa shape index (κ3) is 3.37. The molecule has 134 valence electrons. The van der Waals surface area contributed by atoms with Crippen LogP contribution in [0.4, 0.5) is 0 Å². The molecular formula is C22H25N3O. The summed E-state index contributed by atoms with van der Waals surface area (Å²) in [5, 5.41) is 3.50. The molecule has 4 rings (SSSR count). The van der Waals surface area contributed by atoms with Gasteiger partial charge in [0, 0.05) is 22.9 Å². The molecule has 1 aliphatic heterocycles. The van der Waals surface area contributed by atoms with Crippen molar-refractivity contribution in [2.45, 2.75) is 24.7 Å². The molecule has 1 saturated heterocycles. The van der Waals surface area contributed by atoms with Gasteiger partial charge in [0.2, 0.25) is 0 Å². The zero-order valence-electron chi connectivity index (χ0n) is 15.2. The number of H-pyrrole nitrogens is 1. The van der Waals surface area contributed by atoms with Gasteiger partial charge in [0.1, 0.15) is 11.6 Å². The van der Waals surface area contributed by atoms with E-state index in [0.29, 0.717) is 0 Å². The van der Waals surface area contributed by atoms with Crippen LogP contribution in [-0.4, -0.2) is 30.2 Å². The third-order valence-electron chi connectivity index (χ3n) is 5.45. The summed E-state index contributed by atoms with van der Waals surface area (Å²) in [4.78, 5) is 8.16. The molecule has 4 nitrogen and oxygen atoms in total. The largest absolute Gasteiger partial charge is 0.497 e. The molecule has 1 aromatic heterocycles. The Labute approximate surface area is 154 Å². The lowest BCUT2D eigenvalue weighted by atomic mass is 9.70. The van der Waals surface area contributed by atoms with Crippen LogP contribution in [0.15, 0.2) is 60.8 Å². The molecule has 2 heterocycles. The molecule has 0 amide bonds. The van der Waals surface area contributed by atoms with Gasteiger partial charge in [-0.05, 0) is 50.0 Å². The number of hydrogen-bond donors (Lipinski definition) is 2. The van der Waals surface area contributed by atoms with Gasteiger partial charge in [0.15, 0.2) is 0 Å². The van der Waals surface area contributed by atoms with E-state index >= 15 is 0 Å². The van der Waals surface area contributed by atoms with Crippen LogP contribution < -0.4 is 10.1 Å². The molecule has 4 heteroatoms. The van der Waals surface area contributed by atoms with Crippen LogP contribution in [-0.2, 0) is 11.8 Å². The molecule has 0 atom stereocenters. The van der Waals surface area contributed by atoms with Crippen molar-refractivity contribution in [2.24, 2.45) is 0 Å². The van der Waals surface area contributed by atoms with Crippen molar-refractivity contribution in [1.82, 2.24) is 15.3 Å². The Bertz CT molecular complexity index is 851. The summed E-state index contributed by atoms with van der Waals surface area (Å²) >= 11 is 0. The Hall–Kier alpha value is -2.59. The van der Waals surface area contributed by atoms with Gasteiger partial charge in [-0.1, -0.05) is 42.5 Å². The molecule has 0 unspecified atom stereocenters. The van der Waals surface area contributed by atoms with Crippen LogP contribution in [0.25, 0.3) is 11.4 Å². The van der Waals surface area contributed by atoms with Gasteiger partial charge in [-0.3, -0.25) is 0 Å². The fraction of sp³-hybridized carbons (Fsp3) is 0.318. The Balaban J connectivity index is 1.62. The maximum Gasteiger partial charge on any atom is 0.137 e. The van der Waals surface area contributed by atoms with Crippen LogP contribution in [0, 0.1) is 0 Å². The van der Waals surface area contributed by atoms with E-state index in [0.717, 1.165) is 49.5 Å². The van der Waals surface area contributed by atoms with Crippen molar-refractivity contribution < 1.29 is 4.74 Å². The molecule has 0 aliphatic carbocycles. The van der Waals surface area contributed by atoms with Crippen molar-refractivity contribution in [1.29, 1.82) is 0 Å². The fourth-order valence-corrected chi connectivity index (χ4v) is 4.00. The quantitative estimate of drug-likeness (QED) is 0.735. The molecule has 0 saturated carbocycles. The summed E-state index contributed by atoms with van der Waals surface area (Å²) in [7, 11) is 1.69. The Morgan fingerprint density at radius 2 is 1.85 bits per heavy atom. The van der Waals surface area contributed by atoms with Gasteiger partial charge < -0.3 is 15.0 Å². The average molecular weight is 347 g/mol. The van der Waals surface area contributed by atoms with E-state index < -0.39 is 0 Å². The third-order valence-corrected chi connectivity index (χ3v) is 5.45. The first kappa shape index (κ1) is 16.9. The molecular weight excluding hydrogens is 322 g/mol. The summed E-state index contributed by atoms with van der Waals surface area (Å²) in [6.45, 7) is 2.12. The molecule has 0 bridgehead atoms. The van der Waals surface area contributed by atoms with Crippen molar-refractivity contribution >= 4 is 0 Å². The number of methoxy groups -OCH3 is 1. The van der Waals surface area contributed by atoms with Crippen LogP contribution in [0.5, 0.6) is 5.75 Å². The van der Waals surface area contributed by atoms with Crippen molar-refractivity contribution in [2.75, 3.05) is 20.2 Å². The highest BCUT2D eigenvalue weighted by atomic mass is 16.5. The molecule has 26 heavy (non-hydrogen) atoms. The average Bonchev–Trinajstić information content (AvgIpc) is 3.18. The molecule has 2 N–H and O–H groups in total. The highest BCUT2D eigenvalue weighted by Gasteiger charge is 2.34. The lowest BCUT2D eigenvalue weighted by molar-refractivity contribution is 0.303. The number of piperidine rings is 1. The number of nitrogens with one attached hydrogen (secondary N) is 2. The number of aromatic nitrogens is 2. The number of ether oxygens (including phenoxy) is 1. The topological polar surface area (TPSA) is 49.9 Å². The number of imidazole rings is 1. The molecule has 1 aliphatic rings. The number of rotatable bonds is 5. The summed E-state index contributed by atoms with van der Waals surface area (Å²) in [6, 6.07) is 18.9. The maximum absolute atomic E-state index is 5.33. The lowest BCUT2D eigenvalue weighted by Crippen LogP contribution is -2.41. The highest BCUT2D eigenvalue weighted by molar-refractivity contribution is 5.57. The van der Waals surface area contributed by atoms with Gasteiger partial charge in [-0.15, -0.1) is 0 Å².